The Morgan fingerprint density at radius 3 is 2.16 bits per heavy atom. The monoisotopic (exact) mass is 360 g/mol. The second-order valence-electron chi connectivity index (χ2n) is 6.03. The lowest BCUT2D eigenvalue weighted by Gasteiger charge is -2.14. The van der Waals surface area contributed by atoms with E-state index in [4.69, 9.17) is 4.74 Å². The maximum Gasteiger partial charge on any atom is 0.339 e. The maximum absolute atomic E-state index is 12.4. The molecule has 0 bridgehead atoms. The fourth-order valence-corrected chi connectivity index (χ4v) is 2.93. The molecule has 0 aromatic heterocycles. The summed E-state index contributed by atoms with van der Waals surface area (Å²) in [6, 6.07) is 11.2. The van der Waals surface area contributed by atoms with Gasteiger partial charge in [0, 0.05) is 11.8 Å². The van der Waals surface area contributed by atoms with E-state index in [1.165, 1.54) is 19.1 Å². The third-order valence-corrected chi connectivity index (χ3v) is 4.96. The topological polar surface area (TPSA) is 77.5 Å². The number of rotatable bonds is 5. The van der Waals surface area contributed by atoms with Crippen LogP contribution in [0.5, 0.6) is 0 Å². The minimum absolute atomic E-state index is 0.0302. The van der Waals surface area contributed by atoms with Crippen LogP contribution in [0.2, 0.25) is 0 Å². The van der Waals surface area contributed by atoms with E-state index < -0.39 is 21.9 Å². The minimum Gasteiger partial charge on any atom is -0.451 e. The SMILES string of the molecule is Cc1ccc(C(=O)C(C)OC(=O)c2cc(S(C)(=O)=O)ccc2C)cc1. The van der Waals surface area contributed by atoms with Crippen molar-refractivity contribution in [2.24, 2.45) is 0 Å². The summed E-state index contributed by atoms with van der Waals surface area (Å²) in [5.41, 5.74) is 2.18. The van der Waals surface area contributed by atoms with Crippen molar-refractivity contribution in [3.63, 3.8) is 0 Å². The Hall–Kier alpha value is -2.47. The normalized spacial score (nSPS) is 12.5. The number of carbonyl (C=O) groups excluding carboxylic acids is 2. The lowest BCUT2D eigenvalue weighted by molar-refractivity contribution is 0.0318. The zero-order chi connectivity index (χ0) is 18.8. The third-order valence-electron chi connectivity index (χ3n) is 3.85. The van der Waals surface area contributed by atoms with Gasteiger partial charge in [-0.25, -0.2) is 13.2 Å². The zero-order valence-corrected chi connectivity index (χ0v) is 15.4. The fraction of sp³-hybridized carbons (Fsp3) is 0.263. The predicted molar refractivity (Wildman–Crippen MR) is 94.7 cm³/mol. The highest BCUT2D eigenvalue weighted by Crippen LogP contribution is 2.18. The van der Waals surface area contributed by atoms with Crippen molar-refractivity contribution in [1.82, 2.24) is 0 Å². The van der Waals surface area contributed by atoms with Crippen molar-refractivity contribution >= 4 is 21.6 Å². The first-order valence-electron chi connectivity index (χ1n) is 7.72. The molecule has 0 spiro atoms. The minimum atomic E-state index is -3.44. The highest BCUT2D eigenvalue weighted by atomic mass is 32.2. The molecule has 132 valence electrons. The number of ketones is 1. The van der Waals surface area contributed by atoms with E-state index in [1.807, 2.05) is 19.1 Å². The quantitative estimate of drug-likeness (QED) is 0.605. The molecule has 0 N–H and O–H groups in total. The number of hydrogen-bond donors (Lipinski definition) is 0. The first kappa shape index (κ1) is 18.9. The van der Waals surface area contributed by atoms with Crippen LogP contribution in [0.1, 0.15) is 38.8 Å². The first-order chi connectivity index (χ1) is 11.6. The van der Waals surface area contributed by atoms with Gasteiger partial charge in [0.2, 0.25) is 5.78 Å². The average molecular weight is 360 g/mol. The molecule has 6 heteroatoms. The van der Waals surface area contributed by atoms with E-state index in [-0.39, 0.29) is 16.2 Å². The van der Waals surface area contributed by atoms with Crippen molar-refractivity contribution < 1.29 is 22.7 Å². The Morgan fingerprint density at radius 2 is 1.60 bits per heavy atom. The summed E-state index contributed by atoms with van der Waals surface area (Å²) in [4.78, 5) is 24.8. The van der Waals surface area contributed by atoms with E-state index in [0.29, 0.717) is 11.1 Å². The Balaban J connectivity index is 2.21. The smallest absolute Gasteiger partial charge is 0.339 e. The summed E-state index contributed by atoms with van der Waals surface area (Å²) in [6.45, 7) is 5.08. The number of Topliss-reactive ketones (excluding diaryl/α,β-unsaturated/α-hetero) is 1. The van der Waals surface area contributed by atoms with Crippen LogP contribution in [0.15, 0.2) is 47.4 Å². The molecule has 2 aromatic rings. The first-order valence-corrected chi connectivity index (χ1v) is 9.61. The molecule has 0 saturated heterocycles. The van der Waals surface area contributed by atoms with Crippen molar-refractivity contribution in [3.8, 4) is 0 Å². The molecule has 1 atom stereocenters. The van der Waals surface area contributed by atoms with Crippen LogP contribution in [0.3, 0.4) is 0 Å². The van der Waals surface area contributed by atoms with Crippen LogP contribution in [-0.4, -0.2) is 32.5 Å². The van der Waals surface area contributed by atoms with Crippen molar-refractivity contribution in [2.45, 2.75) is 31.8 Å². The molecule has 0 aliphatic carbocycles. The van der Waals surface area contributed by atoms with Crippen molar-refractivity contribution in [3.05, 3.63) is 64.7 Å². The summed E-state index contributed by atoms with van der Waals surface area (Å²) in [5, 5.41) is 0. The Bertz CT molecular complexity index is 911. The number of aryl methyl sites for hydroxylation is 2. The summed E-state index contributed by atoms with van der Waals surface area (Å²) in [7, 11) is -3.44. The van der Waals surface area contributed by atoms with Crippen LogP contribution in [-0.2, 0) is 14.6 Å². The predicted octanol–water partition coefficient (Wildman–Crippen LogP) is 3.14. The van der Waals surface area contributed by atoms with Crippen LogP contribution in [0.4, 0.5) is 0 Å². The van der Waals surface area contributed by atoms with Gasteiger partial charge in [0.15, 0.2) is 15.9 Å². The van der Waals surface area contributed by atoms with Gasteiger partial charge in [0.05, 0.1) is 10.5 Å². The standard InChI is InChI=1S/C19H20O5S/c1-12-5-8-15(9-6-12)18(20)14(3)24-19(21)17-11-16(25(4,22)23)10-7-13(17)2/h5-11,14H,1-4H3. The summed E-state index contributed by atoms with van der Waals surface area (Å²) >= 11 is 0. The molecular weight excluding hydrogens is 340 g/mol. The molecule has 1 unspecified atom stereocenters. The van der Waals surface area contributed by atoms with Gasteiger partial charge in [0.1, 0.15) is 0 Å². The van der Waals surface area contributed by atoms with Crippen LogP contribution in [0, 0.1) is 13.8 Å². The van der Waals surface area contributed by atoms with Gasteiger partial charge in [-0.2, -0.15) is 0 Å². The average Bonchev–Trinajstić information content (AvgIpc) is 2.54. The molecule has 0 aliphatic heterocycles. The molecule has 0 saturated carbocycles. The second kappa shape index (κ2) is 7.19. The van der Waals surface area contributed by atoms with E-state index in [2.05, 4.69) is 0 Å². The maximum atomic E-state index is 12.4. The zero-order valence-electron chi connectivity index (χ0n) is 14.6. The van der Waals surface area contributed by atoms with E-state index >= 15 is 0 Å². The van der Waals surface area contributed by atoms with Gasteiger partial charge in [-0.05, 0) is 38.5 Å². The largest absolute Gasteiger partial charge is 0.451 e. The van der Waals surface area contributed by atoms with Gasteiger partial charge in [-0.1, -0.05) is 35.9 Å². The van der Waals surface area contributed by atoms with Gasteiger partial charge in [0.25, 0.3) is 0 Å². The Kier molecular flexibility index (Phi) is 5.42. The molecule has 25 heavy (non-hydrogen) atoms. The number of sulfone groups is 1. The van der Waals surface area contributed by atoms with Crippen LogP contribution in [0.25, 0.3) is 0 Å². The molecule has 0 fully saturated rings. The Labute approximate surface area is 147 Å². The van der Waals surface area contributed by atoms with Crippen molar-refractivity contribution in [2.75, 3.05) is 6.26 Å². The fourth-order valence-electron chi connectivity index (χ4n) is 2.28. The molecule has 0 amide bonds. The summed E-state index contributed by atoms with van der Waals surface area (Å²) in [6.07, 6.45) is 0.0903. The van der Waals surface area contributed by atoms with Crippen LogP contribution < -0.4 is 0 Å². The molecule has 0 aliphatic rings. The molecule has 2 aromatic carbocycles. The second-order valence-corrected chi connectivity index (χ2v) is 8.04. The number of benzene rings is 2. The van der Waals surface area contributed by atoms with Crippen LogP contribution >= 0.6 is 0 Å². The van der Waals surface area contributed by atoms with Gasteiger partial charge in [-0.3, -0.25) is 4.79 Å². The Morgan fingerprint density at radius 1 is 1.00 bits per heavy atom. The van der Waals surface area contributed by atoms with Crippen molar-refractivity contribution in [1.29, 1.82) is 0 Å². The molecular formula is C19H20O5S. The highest BCUT2D eigenvalue weighted by molar-refractivity contribution is 7.90. The molecule has 2 rings (SSSR count). The summed E-state index contributed by atoms with van der Waals surface area (Å²) < 4.78 is 28.6. The van der Waals surface area contributed by atoms with Gasteiger partial charge in [-0.15, -0.1) is 0 Å². The number of ether oxygens (including phenoxy) is 1. The van der Waals surface area contributed by atoms with E-state index in [0.717, 1.165) is 11.8 Å². The number of carbonyl (C=O) groups is 2. The van der Waals surface area contributed by atoms with Gasteiger partial charge >= 0.3 is 5.97 Å². The lowest BCUT2D eigenvalue weighted by Crippen LogP contribution is -2.25. The molecule has 0 heterocycles. The lowest BCUT2D eigenvalue weighted by atomic mass is 10.1. The summed E-state index contributed by atoms with van der Waals surface area (Å²) in [5.74, 6) is -1.04. The van der Waals surface area contributed by atoms with E-state index in [1.54, 1.807) is 25.1 Å². The highest BCUT2D eigenvalue weighted by Gasteiger charge is 2.22. The number of hydrogen-bond acceptors (Lipinski definition) is 5. The molecule has 0 radical (unpaired) electrons. The van der Waals surface area contributed by atoms with E-state index in [9.17, 15) is 18.0 Å². The third kappa shape index (κ3) is 4.54. The van der Waals surface area contributed by atoms with Gasteiger partial charge < -0.3 is 4.74 Å². The molecule has 5 nitrogen and oxygen atoms in total. The number of esters is 1.